The molecule has 0 radical (unpaired) electrons. The van der Waals surface area contributed by atoms with Crippen LogP contribution in [0.3, 0.4) is 0 Å². The molecule has 1 atom stereocenters. The first-order valence-corrected chi connectivity index (χ1v) is 4.71. The van der Waals surface area contributed by atoms with Crippen molar-refractivity contribution in [2.24, 2.45) is 0 Å². The van der Waals surface area contributed by atoms with Gasteiger partial charge in [-0.2, -0.15) is 13.2 Å². The lowest BCUT2D eigenvalue weighted by Gasteiger charge is -2.15. The van der Waals surface area contributed by atoms with Gasteiger partial charge in [0.2, 0.25) is 0 Å². The molecule has 90 valence electrons. The summed E-state index contributed by atoms with van der Waals surface area (Å²) in [5, 5.41) is 16.1. The molecule has 0 saturated carbocycles. The topological polar surface area (TPSA) is 50.9 Å². The highest BCUT2D eigenvalue weighted by molar-refractivity contribution is 5.32. The molecule has 4 nitrogen and oxygen atoms in total. The summed E-state index contributed by atoms with van der Waals surface area (Å²) >= 11 is 0. The fraction of sp³-hybridized carbons (Fsp3) is 0.200. The monoisotopic (exact) mass is 243 g/mol. The van der Waals surface area contributed by atoms with Crippen LogP contribution in [-0.4, -0.2) is 26.3 Å². The van der Waals surface area contributed by atoms with E-state index in [4.69, 9.17) is 5.11 Å². The summed E-state index contributed by atoms with van der Waals surface area (Å²) in [4.78, 5) is 0. The summed E-state index contributed by atoms with van der Waals surface area (Å²) in [6.07, 6.45) is -6.45. The van der Waals surface area contributed by atoms with Gasteiger partial charge in [0.05, 0.1) is 11.9 Å². The maximum Gasteiger partial charge on any atom is 0.420 e. The summed E-state index contributed by atoms with van der Waals surface area (Å²) in [6.45, 7) is 0. The Labute approximate surface area is 94.3 Å². The molecule has 0 aliphatic heterocycles. The lowest BCUT2D eigenvalue weighted by molar-refractivity contribution is -0.208. The predicted molar refractivity (Wildman–Crippen MR) is 52.4 cm³/mol. The third-order valence-corrected chi connectivity index (χ3v) is 2.17. The first-order valence-electron chi connectivity index (χ1n) is 4.71. The quantitative estimate of drug-likeness (QED) is 0.875. The molecule has 0 unspecified atom stereocenters. The number of hydrogen-bond donors (Lipinski definition) is 1. The Morgan fingerprint density at radius 2 is 1.82 bits per heavy atom. The van der Waals surface area contributed by atoms with Crippen LogP contribution in [0.5, 0.6) is 0 Å². The molecular formula is C10H8F3N3O. The molecule has 0 amide bonds. The standard InChI is InChI=1S/C10H8F3N3O/c11-10(12,13)9(17)8-6-14-15-16(8)7-4-2-1-3-5-7/h1-6,9,17H/t9-/m1/s1. The Morgan fingerprint density at radius 3 is 2.41 bits per heavy atom. The molecule has 7 heteroatoms. The fourth-order valence-corrected chi connectivity index (χ4v) is 1.37. The van der Waals surface area contributed by atoms with Gasteiger partial charge in [-0.25, -0.2) is 4.68 Å². The van der Waals surface area contributed by atoms with E-state index in [1.54, 1.807) is 30.3 Å². The molecule has 0 saturated heterocycles. The number of nitrogens with zero attached hydrogens (tertiary/aromatic N) is 3. The van der Waals surface area contributed by atoms with Crippen molar-refractivity contribution in [3.8, 4) is 5.69 Å². The van der Waals surface area contributed by atoms with Crippen LogP contribution in [0.2, 0.25) is 0 Å². The SMILES string of the molecule is O[C@H](c1cnnn1-c1ccccc1)C(F)(F)F. The molecule has 0 bridgehead atoms. The Hall–Kier alpha value is -1.89. The number of hydrogen-bond acceptors (Lipinski definition) is 3. The number of para-hydroxylation sites is 1. The van der Waals surface area contributed by atoms with Crippen molar-refractivity contribution in [2.75, 3.05) is 0 Å². The maximum atomic E-state index is 12.4. The van der Waals surface area contributed by atoms with Gasteiger partial charge in [0.15, 0.2) is 6.10 Å². The number of aromatic nitrogens is 3. The molecule has 0 aliphatic rings. The summed E-state index contributed by atoms with van der Waals surface area (Å²) in [7, 11) is 0. The summed E-state index contributed by atoms with van der Waals surface area (Å²) < 4.78 is 38.1. The lowest BCUT2D eigenvalue weighted by Crippen LogP contribution is -2.23. The van der Waals surface area contributed by atoms with E-state index in [0.717, 1.165) is 10.9 Å². The first-order chi connectivity index (χ1) is 8.00. The third kappa shape index (κ3) is 2.28. The second-order valence-electron chi connectivity index (χ2n) is 3.35. The third-order valence-electron chi connectivity index (χ3n) is 2.17. The molecule has 0 aliphatic carbocycles. The average molecular weight is 243 g/mol. The minimum absolute atomic E-state index is 0.406. The zero-order valence-corrected chi connectivity index (χ0v) is 8.46. The Kier molecular flexibility index (Phi) is 2.84. The number of halogens is 3. The number of rotatable bonds is 2. The van der Waals surface area contributed by atoms with Gasteiger partial charge in [-0.3, -0.25) is 0 Å². The molecule has 1 aromatic carbocycles. The van der Waals surface area contributed by atoms with Crippen molar-refractivity contribution in [1.82, 2.24) is 15.0 Å². The van der Waals surface area contributed by atoms with Crippen LogP contribution in [0, 0.1) is 0 Å². The summed E-state index contributed by atoms with van der Waals surface area (Å²) in [5.41, 5.74) is -0.00741. The average Bonchev–Trinajstić information content (AvgIpc) is 2.76. The van der Waals surface area contributed by atoms with Crippen molar-refractivity contribution < 1.29 is 18.3 Å². The molecule has 1 N–H and O–H groups in total. The van der Waals surface area contributed by atoms with E-state index >= 15 is 0 Å². The highest BCUT2D eigenvalue weighted by atomic mass is 19.4. The van der Waals surface area contributed by atoms with Gasteiger partial charge in [0.25, 0.3) is 0 Å². The van der Waals surface area contributed by atoms with Gasteiger partial charge in [-0.15, -0.1) is 5.10 Å². The zero-order valence-electron chi connectivity index (χ0n) is 8.46. The second kappa shape index (κ2) is 4.17. The normalized spacial score (nSPS) is 13.6. The van der Waals surface area contributed by atoms with Gasteiger partial charge in [-0.05, 0) is 12.1 Å². The van der Waals surface area contributed by atoms with Gasteiger partial charge < -0.3 is 5.11 Å². The van der Waals surface area contributed by atoms with Crippen molar-refractivity contribution in [3.63, 3.8) is 0 Å². The van der Waals surface area contributed by atoms with Crippen LogP contribution >= 0.6 is 0 Å². The fourth-order valence-electron chi connectivity index (χ4n) is 1.37. The van der Waals surface area contributed by atoms with Crippen molar-refractivity contribution in [3.05, 3.63) is 42.2 Å². The molecule has 0 spiro atoms. The van der Waals surface area contributed by atoms with Gasteiger partial charge >= 0.3 is 6.18 Å². The Bertz CT molecular complexity index is 495. The molecule has 2 rings (SSSR count). The van der Waals surface area contributed by atoms with Crippen LogP contribution in [0.4, 0.5) is 13.2 Å². The van der Waals surface area contributed by atoms with E-state index in [0.29, 0.717) is 5.69 Å². The lowest BCUT2D eigenvalue weighted by atomic mass is 10.2. The minimum atomic E-state index is -4.74. The van der Waals surface area contributed by atoms with E-state index in [9.17, 15) is 13.2 Å². The van der Waals surface area contributed by atoms with Gasteiger partial charge in [0.1, 0.15) is 5.69 Å². The zero-order chi connectivity index (χ0) is 12.5. The second-order valence-corrected chi connectivity index (χ2v) is 3.35. The van der Waals surface area contributed by atoms with E-state index in [1.807, 2.05) is 0 Å². The molecule has 1 aromatic heterocycles. The Balaban J connectivity index is 2.43. The number of alkyl halides is 3. The van der Waals surface area contributed by atoms with Crippen LogP contribution in [0.1, 0.15) is 11.8 Å². The van der Waals surface area contributed by atoms with Crippen LogP contribution in [-0.2, 0) is 0 Å². The van der Waals surface area contributed by atoms with Crippen LogP contribution < -0.4 is 0 Å². The van der Waals surface area contributed by atoms with E-state index < -0.39 is 18.0 Å². The van der Waals surface area contributed by atoms with Gasteiger partial charge in [-0.1, -0.05) is 23.4 Å². The smallest absolute Gasteiger partial charge is 0.378 e. The van der Waals surface area contributed by atoms with Crippen LogP contribution in [0.15, 0.2) is 36.5 Å². The minimum Gasteiger partial charge on any atom is -0.378 e. The number of aliphatic hydroxyl groups excluding tert-OH is 1. The summed E-state index contributed by atoms with van der Waals surface area (Å²) in [5.74, 6) is 0. The molecular weight excluding hydrogens is 235 g/mol. The molecule has 0 fully saturated rings. The van der Waals surface area contributed by atoms with Crippen LogP contribution in [0.25, 0.3) is 5.69 Å². The highest BCUT2D eigenvalue weighted by Crippen LogP contribution is 2.32. The number of aliphatic hydroxyl groups is 1. The van der Waals surface area contributed by atoms with Crippen molar-refractivity contribution >= 4 is 0 Å². The maximum absolute atomic E-state index is 12.4. The van der Waals surface area contributed by atoms with Gasteiger partial charge in [0, 0.05) is 0 Å². The van der Waals surface area contributed by atoms with E-state index in [-0.39, 0.29) is 0 Å². The molecule has 17 heavy (non-hydrogen) atoms. The highest BCUT2D eigenvalue weighted by Gasteiger charge is 2.41. The first kappa shape index (κ1) is 11.6. The largest absolute Gasteiger partial charge is 0.420 e. The van der Waals surface area contributed by atoms with Crippen molar-refractivity contribution in [1.29, 1.82) is 0 Å². The molecule has 1 heterocycles. The Morgan fingerprint density at radius 1 is 1.18 bits per heavy atom. The molecule has 2 aromatic rings. The van der Waals surface area contributed by atoms with E-state index in [1.165, 1.54) is 0 Å². The van der Waals surface area contributed by atoms with Crippen molar-refractivity contribution in [2.45, 2.75) is 12.3 Å². The number of benzene rings is 1. The van der Waals surface area contributed by atoms with E-state index in [2.05, 4.69) is 10.3 Å². The predicted octanol–water partition coefficient (Wildman–Crippen LogP) is 1.86. The summed E-state index contributed by atoms with van der Waals surface area (Å²) in [6, 6.07) is 8.17.